The number of para-hydroxylation sites is 1. The minimum Gasteiger partial charge on any atom is -0.496 e. The van der Waals surface area contributed by atoms with Gasteiger partial charge in [0.15, 0.2) is 4.80 Å². The van der Waals surface area contributed by atoms with Crippen molar-refractivity contribution in [1.29, 1.82) is 0 Å². The van der Waals surface area contributed by atoms with Crippen LogP contribution in [0.3, 0.4) is 0 Å². The maximum atomic E-state index is 13.7. The fraction of sp³-hybridized carbons (Fsp3) is 0.292. The molecule has 0 bridgehead atoms. The molecule has 0 fully saturated rings. The molecule has 6 nitrogen and oxygen atoms in total. The summed E-state index contributed by atoms with van der Waals surface area (Å²) in [6.45, 7) is 4.04. The van der Waals surface area contributed by atoms with E-state index in [9.17, 15) is 9.59 Å². The van der Waals surface area contributed by atoms with Crippen molar-refractivity contribution in [1.82, 2.24) is 4.57 Å². The lowest BCUT2D eigenvalue weighted by molar-refractivity contribution is -0.139. The van der Waals surface area contributed by atoms with Crippen molar-refractivity contribution in [2.75, 3.05) is 13.7 Å². The SMILES string of the molecule is CCCC1=C(C(=O)OCC)[C@@H](c2ccccc2OC)n2c(s/c(=C/c3ccc(Br)s3)c2=O)=N1. The molecule has 0 radical (unpaired) electrons. The van der Waals surface area contributed by atoms with Crippen LogP contribution in [0.4, 0.5) is 0 Å². The second kappa shape index (κ2) is 10.2. The van der Waals surface area contributed by atoms with Gasteiger partial charge in [0.2, 0.25) is 0 Å². The van der Waals surface area contributed by atoms with Crippen LogP contribution in [0.1, 0.15) is 43.2 Å². The van der Waals surface area contributed by atoms with E-state index in [1.807, 2.05) is 49.4 Å². The third-order valence-corrected chi connectivity index (χ3v) is 7.75. The Morgan fingerprint density at radius 1 is 1.21 bits per heavy atom. The fourth-order valence-electron chi connectivity index (χ4n) is 3.84. The predicted molar refractivity (Wildman–Crippen MR) is 135 cm³/mol. The van der Waals surface area contributed by atoms with Gasteiger partial charge in [-0.15, -0.1) is 11.3 Å². The maximum Gasteiger partial charge on any atom is 0.338 e. The van der Waals surface area contributed by atoms with Crippen LogP contribution in [0.5, 0.6) is 5.75 Å². The van der Waals surface area contributed by atoms with Gasteiger partial charge in [0.1, 0.15) is 11.8 Å². The van der Waals surface area contributed by atoms with E-state index < -0.39 is 12.0 Å². The standard InChI is InChI=1S/C24H23BrN2O4S2/c1-4-8-16-20(23(29)31-5-2)21(15-9-6-7-10-17(15)30-3)27-22(28)18(33-24(27)26-16)13-14-11-12-19(25)32-14/h6-7,9-13,21H,4-5,8H2,1-3H3/b18-13+/t21-/m1/s1. The molecule has 3 heterocycles. The van der Waals surface area contributed by atoms with E-state index in [1.54, 1.807) is 29.9 Å². The van der Waals surface area contributed by atoms with Gasteiger partial charge >= 0.3 is 5.97 Å². The number of benzene rings is 1. The number of rotatable bonds is 7. The highest BCUT2D eigenvalue weighted by Gasteiger charge is 2.35. The molecule has 0 unspecified atom stereocenters. The van der Waals surface area contributed by atoms with Crippen molar-refractivity contribution in [2.24, 2.45) is 4.99 Å². The molecule has 33 heavy (non-hydrogen) atoms. The van der Waals surface area contributed by atoms with Crippen LogP contribution < -0.4 is 19.6 Å². The molecule has 0 N–H and O–H groups in total. The van der Waals surface area contributed by atoms with E-state index >= 15 is 0 Å². The van der Waals surface area contributed by atoms with Crippen LogP contribution in [-0.4, -0.2) is 24.3 Å². The maximum absolute atomic E-state index is 13.7. The molecule has 0 saturated carbocycles. The number of ether oxygens (including phenoxy) is 2. The summed E-state index contributed by atoms with van der Waals surface area (Å²) in [6, 6.07) is 10.7. The zero-order valence-electron chi connectivity index (χ0n) is 18.5. The Bertz CT molecular complexity index is 1400. The van der Waals surface area contributed by atoms with Gasteiger partial charge in [0.25, 0.3) is 5.56 Å². The molecule has 172 valence electrons. The van der Waals surface area contributed by atoms with Crippen molar-refractivity contribution in [3.05, 3.63) is 81.6 Å². The third kappa shape index (κ3) is 4.62. The molecule has 9 heteroatoms. The van der Waals surface area contributed by atoms with Crippen LogP contribution in [0.25, 0.3) is 6.08 Å². The van der Waals surface area contributed by atoms with Gasteiger partial charge in [-0.2, -0.15) is 0 Å². The second-order valence-corrected chi connectivity index (χ2v) is 10.8. The Morgan fingerprint density at radius 2 is 2.00 bits per heavy atom. The normalized spacial score (nSPS) is 15.9. The van der Waals surface area contributed by atoms with E-state index in [0.29, 0.717) is 32.8 Å². The Morgan fingerprint density at radius 3 is 2.67 bits per heavy atom. The molecular weight excluding hydrogens is 524 g/mol. The first-order chi connectivity index (χ1) is 16.0. The molecule has 4 rings (SSSR count). The molecular formula is C24H23BrN2O4S2. The summed E-state index contributed by atoms with van der Waals surface area (Å²) in [4.78, 5) is 33.1. The number of halogens is 1. The lowest BCUT2D eigenvalue weighted by atomic mass is 9.93. The van der Waals surface area contributed by atoms with Crippen molar-refractivity contribution < 1.29 is 14.3 Å². The Hall–Kier alpha value is -2.49. The number of fused-ring (bicyclic) bond motifs is 1. The molecule has 0 saturated heterocycles. The van der Waals surface area contributed by atoms with Crippen LogP contribution in [0.2, 0.25) is 0 Å². The molecule has 0 amide bonds. The van der Waals surface area contributed by atoms with Gasteiger partial charge < -0.3 is 9.47 Å². The number of allylic oxidation sites excluding steroid dienone is 1. The monoisotopic (exact) mass is 546 g/mol. The highest BCUT2D eigenvalue weighted by molar-refractivity contribution is 9.11. The molecule has 0 aliphatic carbocycles. The quantitative estimate of drug-likeness (QED) is 0.411. The van der Waals surface area contributed by atoms with E-state index in [2.05, 4.69) is 15.9 Å². The van der Waals surface area contributed by atoms with Gasteiger partial charge in [-0.1, -0.05) is 42.9 Å². The van der Waals surface area contributed by atoms with Crippen LogP contribution in [0, 0.1) is 0 Å². The topological polar surface area (TPSA) is 69.9 Å². The Balaban J connectivity index is 2.03. The number of nitrogens with zero attached hydrogens (tertiary/aromatic N) is 2. The van der Waals surface area contributed by atoms with Gasteiger partial charge in [-0.25, -0.2) is 9.79 Å². The fourth-order valence-corrected chi connectivity index (χ4v) is 6.29. The van der Waals surface area contributed by atoms with Crippen molar-refractivity contribution in [3.8, 4) is 5.75 Å². The van der Waals surface area contributed by atoms with Gasteiger partial charge in [0, 0.05) is 10.4 Å². The molecule has 1 aliphatic heterocycles. The largest absolute Gasteiger partial charge is 0.496 e. The van der Waals surface area contributed by atoms with Gasteiger partial charge in [-0.3, -0.25) is 9.36 Å². The lowest BCUT2D eigenvalue weighted by Crippen LogP contribution is -2.40. The summed E-state index contributed by atoms with van der Waals surface area (Å²) < 4.78 is 14.2. The summed E-state index contributed by atoms with van der Waals surface area (Å²) >= 11 is 6.34. The number of carbonyl (C=O) groups excluding carboxylic acids is 1. The summed E-state index contributed by atoms with van der Waals surface area (Å²) in [5.41, 5.74) is 1.56. The first-order valence-corrected chi connectivity index (χ1v) is 13.0. The molecule has 2 aromatic heterocycles. The van der Waals surface area contributed by atoms with E-state index in [0.717, 1.165) is 20.6 Å². The number of methoxy groups -OCH3 is 1. The Kier molecular flexibility index (Phi) is 7.31. The number of hydrogen-bond donors (Lipinski definition) is 0. The average molecular weight is 547 g/mol. The zero-order chi connectivity index (χ0) is 23.5. The van der Waals surface area contributed by atoms with Crippen molar-refractivity contribution in [2.45, 2.75) is 32.7 Å². The summed E-state index contributed by atoms with van der Waals surface area (Å²) in [5.74, 6) is 0.135. The van der Waals surface area contributed by atoms with Crippen molar-refractivity contribution in [3.63, 3.8) is 0 Å². The average Bonchev–Trinajstić information content (AvgIpc) is 3.35. The number of thiophene rings is 1. The first-order valence-electron chi connectivity index (χ1n) is 10.6. The second-order valence-electron chi connectivity index (χ2n) is 7.30. The molecule has 1 aromatic carbocycles. The van der Waals surface area contributed by atoms with E-state index in [-0.39, 0.29) is 12.2 Å². The minimum atomic E-state index is -0.685. The van der Waals surface area contributed by atoms with Gasteiger partial charge in [-0.05, 0) is 53.5 Å². The number of esters is 1. The molecule has 1 atom stereocenters. The van der Waals surface area contributed by atoms with E-state index in [4.69, 9.17) is 14.5 Å². The van der Waals surface area contributed by atoms with Crippen LogP contribution in [0.15, 0.2) is 61.2 Å². The minimum absolute atomic E-state index is 0.198. The lowest BCUT2D eigenvalue weighted by Gasteiger charge is -2.26. The number of carbonyl (C=O) groups is 1. The third-order valence-electron chi connectivity index (χ3n) is 5.19. The van der Waals surface area contributed by atoms with Gasteiger partial charge in [0.05, 0.1) is 33.3 Å². The molecule has 0 spiro atoms. The van der Waals surface area contributed by atoms with E-state index in [1.165, 1.54) is 11.3 Å². The first kappa shape index (κ1) is 23.7. The highest BCUT2D eigenvalue weighted by atomic mass is 79.9. The van der Waals surface area contributed by atoms with Crippen molar-refractivity contribution >= 4 is 50.6 Å². The number of hydrogen-bond acceptors (Lipinski definition) is 7. The van der Waals surface area contributed by atoms with Crippen LogP contribution in [-0.2, 0) is 9.53 Å². The Labute approximate surface area is 207 Å². The summed E-state index contributed by atoms with van der Waals surface area (Å²) in [5, 5.41) is 0. The zero-order valence-corrected chi connectivity index (χ0v) is 21.7. The highest BCUT2D eigenvalue weighted by Crippen LogP contribution is 2.36. The molecule has 1 aliphatic rings. The molecule has 3 aromatic rings. The number of thiazole rings is 1. The summed E-state index contributed by atoms with van der Waals surface area (Å²) in [6.07, 6.45) is 3.27. The predicted octanol–water partition coefficient (Wildman–Crippen LogP) is 4.41. The summed E-state index contributed by atoms with van der Waals surface area (Å²) in [7, 11) is 1.58. The van der Waals surface area contributed by atoms with Crippen LogP contribution >= 0.6 is 38.6 Å². The smallest absolute Gasteiger partial charge is 0.338 e. The number of aromatic nitrogens is 1.